The van der Waals surface area contributed by atoms with Gasteiger partial charge in [-0.3, -0.25) is 30.1 Å². The van der Waals surface area contributed by atoms with Crippen LogP contribution in [0.25, 0.3) is 10.9 Å². The minimum absolute atomic E-state index is 0.0812. The van der Waals surface area contributed by atoms with Crippen molar-refractivity contribution in [3.05, 3.63) is 70.4 Å². The molecule has 8 heteroatoms. The average molecular weight is 338 g/mol. The van der Waals surface area contributed by atoms with Crippen molar-refractivity contribution in [2.45, 2.75) is 0 Å². The number of para-hydroxylation sites is 1. The molecule has 0 atom stereocenters. The SMILES string of the molecule is CN(NC(=O)C(=O)c1c[nH]c2ccc([N+](=O)[O-])cc12)c1ccccc1. The van der Waals surface area contributed by atoms with Gasteiger partial charge in [-0.05, 0) is 18.2 Å². The maximum Gasteiger partial charge on any atom is 0.310 e. The van der Waals surface area contributed by atoms with Gasteiger partial charge in [0.1, 0.15) is 0 Å². The topological polar surface area (TPSA) is 108 Å². The average Bonchev–Trinajstić information content (AvgIpc) is 3.04. The van der Waals surface area contributed by atoms with Gasteiger partial charge in [0.2, 0.25) is 0 Å². The Labute approximate surface area is 142 Å². The quantitative estimate of drug-likeness (QED) is 0.321. The molecule has 3 rings (SSSR count). The van der Waals surface area contributed by atoms with Crippen LogP contribution >= 0.6 is 0 Å². The number of nitrogens with one attached hydrogen (secondary N) is 2. The van der Waals surface area contributed by atoms with Crippen molar-refractivity contribution in [2.75, 3.05) is 12.1 Å². The van der Waals surface area contributed by atoms with E-state index < -0.39 is 16.6 Å². The van der Waals surface area contributed by atoms with Crippen LogP contribution in [0.4, 0.5) is 11.4 Å². The number of amides is 1. The number of carbonyl (C=O) groups excluding carboxylic acids is 2. The van der Waals surface area contributed by atoms with Gasteiger partial charge in [-0.2, -0.15) is 0 Å². The fourth-order valence-corrected chi connectivity index (χ4v) is 2.45. The lowest BCUT2D eigenvalue weighted by Crippen LogP contribution is -2.43. The number of hydrogen-bond donors (Lipinski definition) is 2. The van der Waals surface area contributed by atoms with E-state index in [0.29, 0.717) is 16.6 Å². The number of aromatic amines is 1. The lowest BCUT2D eigenvalue weighted by Gasteiger charge is -2.19. The van der Waals surface area contributed by atoms with Gasteiger partial charge in [0.15, 0.2) is 0 Å². The van der Waals surface area contributed by atoms with Crippen LogP contribution in [0.5, 0.6) is 0 Å². The molecule has 0 spiro atoms. The molecule has 1 amide bonds. The minimum Gasteiger partial charge on any atom is -0.360 e. The van der Waals surface area contributed by atoms with Gasteiger partial charge >= 0.3 is 5.91 Å². The van der Waals surface area contributed by atoms with E-state index >= 15 is 0 Å². The molecule has 1 heterocycles. The molecule has 3 aromatic rings. The maximum atomic E-state index is 12.4. The van der Waals surface area contributed by atoms with E-state index in [1.807, 2.05) is 6.07 Å². The Bertz CT molecular complexity index is 965. The number of hydrazine groups is 1. The molecule has 0 aliphatic carbocycles. The summed E-state index contributed by atoms with van der Waals surface area (Å²) in [6.07, 6.45) is 1.37. The number of carbonyl (C=O) groups is 2. The number of anilines is 1. The van der Waals surface area contributed by atoms with Crippen LogP contribution in [-0.4, -0.2) is 28.6 Å². The number of hydrogen-bond acceptors (Lipinski definition) is 5. The van der Waals surface area contributed by atoms with Gasteiger partial charge in [0.05, 0.1) is 16.2 Å². The first-order valence-electron chi connectivity index (χ1n) is 7.37. The van der Waals surface area contributed by atoms with E-state index in [1.165, 1.54) is 29.4 Å². The minimum atomic E-state index is -0.834. The molecule has 0 unspecified atom stereocenters. The van der Waals surface area contributed by atoms with E-state index in [9.17, 15) is 19.7 Å². The van der Waals surface area contributed by atoms with Crippen molar-refractivity contribution in [1.29, 1.82) is 0 Å². The summed E-state index contributed by atoms with van der Waals surface area (Å²) in [5, 5.41) is 12.7. The van der Waals surface area contributed by atoms with Crippen LogP contribution in [0.1, 0.15) is 10.4 Å². The largest absolute Gasteiger partial charge is 0.360 e. The number of nitrogens with zero attached hydrogens (tertiary/aromatic N) is 2. The summed E-state index contributed by atoms with van der Waals surface area (Å²) in [6.45, 7) is 0. The van der Waals surface area contributed by atoms with Gasteiger partial charge in [-0.15, -0.1) is 0 Å². The second-order valence-electron chi connectivity index (χ2n) is 5.35. The van der Waals surface area contributed by atoms with Crippen molar-refractivity contribution < 1.29 is 14.5 Å². The number of non-ortho nitro benzene ring substituents is 1. The highest BCUT2D eigenvalue weighted by molar-refractivity contribution is 6.45. The molecule has 8 nitrogen and oxygen atoms in total. The smallest absolute Gasteiger partial charge is 0.310 e. The normalized spacial score (nSPS) is 10.4. The van der Waals surface area contributed by atoms with Crippen LogP contribution in [0.3, 0.4) is 0 Å². The third kappa shape index (κ3) is 3.18. The lowest BCUT2D eigenvalue weighted by atomic mass is 10.1. The van der Waals surface area contributed by atoms with E-state index in [4.69, 9.17) is 0 Å². The molecule has 0 fully saturated rings. The molecular formula is C17H14N4O4. The molecule has 1 aromatic heterocycles. The maximum absolute atomic E-state index is 12.4. The van der Waals surface area contributed by atoms with E-state index in [-0.39, 0.29) is 11.3 Å². The predicted molar refractivity (Wildman–Crippen MR) is 92.3 cm³/mol. The lowest BCUT2D eigenvalue weighted by molar-refractivity contribution is -0.384. The Morgan fingerprint density at radius 2 is 1.88 bits per heavy atom. The fourth-order valence-electron chi connectivity index (χ4n) is 2.45. The van der Waals surface area contributed by atoms with Gasteiger partial charge in [0.25, 0.3) is 11.5 Å². The monoisotopic (exact) mass is 338 g/mol. The number of benzene rings is 2. The molecule has 0 aliphatic heterocycles. The number of aromatic nitrogens is 1. The number of fused-ring (bicyclic) bond motifs is 1. The molecule has 2 aromatic carbocycles. The highest BCUT2D eigenvalue weighted by Gasteiger charge is 2.22. The number of nitro groups is 1. The molecule has 0 aliphatic rings. The number of H-pyrrole nitrogens is 1. The van der Waals surface area contributed by atoms with Crippen molar-refractivity contribution in [1.82, 2.24) is 10.4 Å². The molecule has 126 valence electrons. The Balaban J connectivity index is 1.85. The molecule has 0 bridgehead atoms. The molecule has 2 N–H and O–H groups in total. The number of rotatable bonds is 5. The predicted octanol–water partition coefficient (Wildman–Crippen LogP) is 2.43. The highest BCUT2D eigenvalue weighted by atomic mass is 16.6. The third-order valence-corrected chi connectivity index (χ3v) is 3.74. The summed E-state index contributed by atoms with van der Waals surface area (Å²) in [5.41, 5.74) is 3.66. The fraction of sp³-hybridized carbons (Fsp3) is 0.0588. The summed E-state index contributed by atoms with van der Waals surface area (Å²) >= 11 is 0. The summed E-state index contributed by atoms with van der Waals surface area (Å²) < 4.78 is 0. The Kier molecular flexibility index (Phi) is 4.17. The Hall–Kier alpha value is -3.68. The van der Waals surface area contributed by atoms with Crippen molar-refractivity contribution >= 4 is 34.0 Å². The first kappa shape index (κ1) is 16.2. The zero-order valence-electron chi connectivity index (χ0n) is 13.2. The first-order chi connectivity index (χ1) is 12.0. The van der Waals surface area contributed by atoms with E-state index in [2.05, 4.69) is 10.4 Å². The van der Waals surface area contributed by atoms with Crippen molar-refractivity contribution in [3.63, 3.8) is 0 Å². The van der Waals surface area contributed by atoms with Crippen LogP contribution in [0.15, 0.2) is 54.7 Å². The summed E-state index contributed by atoms with van der Waals surface area (Å²) in [4.78, 5) is 37.9. The van der Waals surface area contributed by atoms with Gasteiger partial charge in [-0.1, -0.05) is 18.2 Å². The summed E-state index contributed by atoms with van der Waals surface area (Å²) in [7, 11) is 1.61. The number of ketones is 1. The van der Waals surface area contributed by atoms with Gasteiger partial charge in [0, 0.05) is 36.3 Å². The Morgan fingerprint density at radius 1 is 1.16 bits per heavy atom. The third-order valence-electron chi connectivity index (χ3n) is 3.74. The zero-order chi connectivity index (χ0) is 18.0. The van der Waals surface area contributed by atoms with Crippen LogP contribution < -0.4 is 10.4 Å². The second-order valence-corrected chi connectivity index (χ2v) is 5.35. The van der Waals surface area contributed by atoms with Crippen LogP contribution in [0, 0.1) is 10.1 Å². The second kappa shape index (κ2) is 6.44. The van der Waals surface area contributed by atoms with E-state index in [0.717, 1.165) is 0 Å². The number of nitro benzene ring substituents is 1. The standard InChI is InChI=1S/C17H14N4O4/c1-20(11-5-3-2-4-6-11)19-17(23)16(22)14-10-18-15-8-7-12(21(24)25)9-13(14)15/h2-10,18H,1H3,(H,19,23). The van der Waals surface area contributed by atoms with Crippen LogP contribution in [-0.2, 0) is 4.79 Å². The summed E-state index contributed by atoms with van der Waals surface area (Å²) in [5.74, 6) is -1.62. The molecular weight excluding hydrogens is 324 g/mol. The van der Waals surface area contributed by atoms with E-state index in [1.54, 1.807) is 31.3 Å². The summed E-state index contributed by atoms with van der Waals surface area (Å²) in [6, 6.07) is 13.1. The Morgan fingerprint density at radius 3 is 2.56 bits per heavy atom. The molecule has 0 saturated carbocycles. The van der Waals surface area contributed by atoms with Gasteiger partial charge < -0.3 is 4.98 Å². The molecule has 25 heavy (non-hydrogen) atoms. The molecule has 0 saturated heterocycles. The molecule has 0 radical (unpaired) electrons. The first-order valence-corrected chi connectivity index (χ1v) is 7.37. The van der Waals surface area contributed by atoms with Gasteiger partial charge in [-0.25, -0.2) is 0 Å². The van der Waals surface area contributed by atoms with Crippen molar-refractivity contribution in [3.8, 4) is 0 Å². The highest BCUT2D eigenvalue weighted by Crippen LogP contribution is 2.24. The zero-order valence-corrected chi connectivity index (χ0v) is 13.2. The van der Waals surface area contributed by atoms with Crippen molar-refractivity contribution in [2.24, 2.45) is 0 Å². The van der Waals surface area contributed by atoms with Crippen LogP contribution in [0.2, 0.25) is 0 Å². The number of Topliss-reactive ketones (excluding diaryl/α,β-unsaturated/α-hetero) is 1.